The van der Waals surface area contributed by atoms with Gasteiger partial charge in [0.2, 0.25) is 5.91 Å². The highest BCUT2D eigenvalue weighted by Gasteiger charge is 2.28. The molecule has 2 amide bonds. The van der Waals surface area contributed by atoms with Gasteiger partial charge in [-0.25, -0.2) is 4.68 Å². The maximum absolute atomic E-state index is 12.5. The standard InChI is InChI=1S/C22H24N4O3/c27-21(18-9-14-25(15-10-18)22(28)20-3-1-16-29-20)23-12-8-17-4-6-19(7-5-17)26-13-2-11-24-26/h1-7,11,13,16,18H,8-10,12,14-15H2,(H,23,27). The van der Waals surface area contributed by atoms with Gasteiger partial charge in [0.25, 0.3) is 5.91 Å². The fourth-order valence-electron chi connectivity index (χ4n) is 3.61. The average molecular weight is 392 g/mol. The fraction of sp³-hybridized carbons (Fsp3) is 0.318. The third kappa shape index (κ3) is 4.56. The van der Waals surface area contributed by atoms with Crippen molar-refractivity contribution in [2.45, 2.75) is 19.3 Å². The van der Waals surface area contributed by atoms with E-state index in [1.807, 2.05) is 29.1 Å². The number of amides is 2. The van der Waals surface area contributed by atoms with Crippen LogP contribution in [0.5, 0.6) is 0 Å². The summed E-state index contributed by atoms with van der Waals surface area (Å²) >= 11 is 0. The molecule has 150 valence electrons. The predicted molar refractivity (Wildman–Crippen MR) is 108 cm³/mol. The van der Waals surface area contributed by atoms with E-state index in [0.29, 0.717) is 38.2 Å². The van der Waals surface area contributed by atoms with Crippen molar-refractivity contribution in [1.29, 1.82) is 0 Å². The van der Waals surface area contributed by atoms with E-state index in [4.69, 9.17) is 4.42 Å². The first-order chi connectivity index (χ1) is 14.2. The number of hydrogen-bond donors (Lipinski definition) is 1. The van der Waals surface area contributed by atoms with E-state index in [1.54, 1.807) is 23.2 Å². The van der Waals surface area contributed by atoms with Gasteiger partial charge in [-0.05, 0) is 55.2 Å². The molecule has 2 aromatic heterocycles. The number of nitrogens with one attached hydrogen (secondary N) is 1. The van der Waals surface area contributed by atoms with Gasteiger partial charge in [0.1, 0.15) is 0 Å². The Labute approximate surface area is 169 Å². The number of rotatable bonds is 6. The topological polar surface area (TPSA) is 80.4 Å². The van der Waals surface area contributed by atoms with Crippen LogP contribution >= 0.6 is 0 Å². The second-order valence-corrected chi connectivity index (χ2v) is 7.20. The summed E-state index contributed by atoms with van der Waals surface area (Å²) in [5.41, 5.74) is 2.18. The third-order valence-electron chi connectivity index (χ3n) is 5.30. The Morgan fingerprint density at radius 2 is 1.90 bits per heavy atom. The summed E-state index contributed by atoms with van der Waals surface area (Å²) in [5.74, 6) is 0.278. The molecular weight excluding hydrogens is 368 g/mol. The lowest BCUT2D eigenvalue weighted by molar-refractivity contribution is -0.126. The van der Waals surface area contributed by atoms with Crippen LogP contribution in [0.2, 0.25) is 0 Å². The highest BCUT2D eigenvalue weighted by atomic mass is 16.3. The minimum absolute atomic E-state index is 0.0437. The Balaban J connectivity index is 1.20. The molecule has 29 heavy (non-hydrogen) atoms. The maximum atomic E-state index is 12.5. The SMILES string of the molecule is O=C(NCCc1ccc(-n2cccn2)cc1)C1CCN(C(=O)c2ccco2)CC1. The molecule has 1 aliphatic rings. The lowest BCUT2D eigenvalue weighted by Crippen LogP contribution is -2.43. The van der Waals surface area contributed by atoms with E-state index in [2.05, 4.69) is 22.5 Å². The second kappa shape index (κ2) is 8.77. The molecule has 4 rings (SSSR count). The smallest absolute Gasteiger partial charge is 0.289 e. The lowest BCUT2D eigenvalue weighted by Gasteiger charge is -2.30. The monoisotopic (exact) mass is 392 g/mol. The van der Waals surface area contributed by atoms with E-state index >= 15 is 0 Å². The van der Waals surface area contributed by atoms with Crippen molar-refractivity contribution >= 4 is 11.8 Å². The Morgan fingerprint density at radius 1 is 1.10 bits per heavy atom. The van der Waals surface area contributed by atoms with Gasteiger partial charge in [-0.1, -0.05) is 12.1 Å². The lowest BCUT2D eigenvalue weighted by atomic mass is 9.95. The molecule has 7 heteroatoms. The van der Waals surface area contributed by atoms with Gasteiger partial charge in [0, 0.05) is 37.9 Å². The number of furan rings is 1. The van der Waals surface area contributed by atoms with Crippen LogP contribution < -0.4 is 5.32 Å². The van der Waals surface area contributed by atoms with Crippen molar-refractivity contribution in [2.24, 2.45) is 5.92 Å². The summed E-state index contributed by atoms with van der Waals surface area (Å²) in [6, 6.07) is 13.4. The van der Waals surface area contributed by atoms with Gasteiger partial charge < -0.3 is 14.6 Å². The molecule has 1 N–H and O–H groups in total. The molecule has 0 radical (unpaired) electrons. The molecule has 3 aromatic rings. The molecule has 0 saturated carbocycles. The number of carbonyl (C=O) groups excluding carboxylic acids is 2. The zero-order valence-electron chi connectivity index (χ0n) is 16.2. The number of aromatic nitrogens is 2. The molecule has 1 fully saturated rings. The number of piperidine rings is 1. The number of carbonyl (C=O) groups is 2. The van der Waals surface area contributed by atoms with Crippen LogP contribution in [0.4, 0.5) is 0 Å². The van der Waals surface area contributed by atoms with E-state index in [9.17, 15) is 9.59 Å². The van der Waals surface area contributed by atoms with Crippen LogP contribution in [0.3, 0.4) is 0 Å². The number of benzene rings is 1. The highest BCUT2D eigenvalue weighted by molar-refractivity contribution is 5.91. The molecule has 7 nitrogen and oxygen atoms in total. The Bertz CT molecular complexity index is 925. The number of hydrogen-bond acceptors (Lipinski definition) is 4. The van der Waals surface area contributed by atoms with Gasteiger partial charge in [-0.2, -0.15) is 5.10 Å². The molecule has 0 bridgehead atoms. The van der Waals surface area contributed by atoms with Crippen LogP contribution in [0.1, 0.15) is 29.0 Å². The molecule has 0 aliphatic carbocycles. The molecule has 0 atom stereocenters. The summed E-state index contributed by atoms with van der Waals surface area (Å²) < 4.78 is 6.99. The van der Waals surface area contributed by atoms with Crippen LogP contribution in [0, 0.1) is 5.92 Å². The van der Waals surface area contributed by atoms with Crippen molar-refractivity contribution in [1.82, 2.24) is 20.0 Å². The maximum Gasteiger partial charge on any atom is 0.289 e. The first-order valence-electron chi connectivity index (χ1n) is 9.90. The van der Waals surface area contributed by atoms with Gasteiger partial charge in [0.15, 0.2) is 5.76 Å². The molecule has 1 aliphatic heterocycles. The van der Waals surface area contributed by atoms with Crippen LogP contribution in [0.15, 0.2) is 65.5 Å². The van der Waals surface area contributed by atoms with Crippen molar-refractivity contribution in [3.63, 3.8) is 0 Å². The Hall–Kier alpha value is -3.35. The fourth-order valence-corrected chi connectivity index (χ4v) is 3.61. The van der Waals surface area contributed by atoms with Crippen molar-refractivity contribution in [3.8, 4) is 5.69 Å². The summed E-state index contributed by atoms with van der Waals surface area (Å²) in [6.45, 7) is 1.75. The van der Waals surface area contributed by atoms with Gasteiger partial charge in [-0.15, -0.1) is 0 Å². The average Bonchev–Trinajstić information content (AvgIpc) is 3.48. The summed E-state index contributed by atoms with van der Waals surface area (Å²) in [6.07, 6.45) is 7.29. The molecule has 3 heterocycles. The van der Waals surface area contributed by atoms with Crippen molar-refractivity contribution in [3.05, 3.63) is 72.4 Å². The number of likely N-dealkylation sites (tertiary alicyclic amines) is 1. The molecule has 1 aromatic carbocycles. The van der Waals surface area contributed by atoms with Crippen LogP contribution in [-0.2, 0) is 11.2 Å². The Morgan fingerprint density at radius 3 is 2.55 bits per heavy atom. The van der Waals surface area contributed by atoms with E-state index < -0.39 is 0 Å². The van der Waals surface area contributed by atoms with Crippen molar-refractivity contribution < 1.29 is 14.0 Å². The second-order valence-electron chi connectivity index (χ2n) is 7.20. The first-order valence-corrected chi connectivity index (χ1v) is 9.90. The third-order valence-corrected chi connectivity index (χ3v) is 5.30. The summed E-state index contributed by atoms with van der Waals surface area (Å²) in [5, 5.41) is 7.25. The van der Waals surface area contributed by atoms with Gasteiger partial charge >= 0.3 is 0 Å². The van der Waals surface area contributed by atoms with Crippen LogP contribution in [0.25, 0.3) is 5.69 Å². The normalized spacial score (nSPS) is 14.7. The molecular formula is C22H24N4O3. The molecule has 0 unspecified atom stereocenters. The minimum Gasteiger partial charge on any atom is -0.459 e. The molecule has 1 saturated heterocycles. The zero-order chi connectivity index (χ0) is 20.1. The van der Waals surface area contributed by atoms with Gasteiger partial charge in [-0.3, -0.25) is 9.59 Å². The van der Waals surface area contributed by atoms with E-state index in [-0.39, 0.29) is 17.7 Å². The largest absolute Gasteiger partial charge is 0.459 e. The summed E-state index contributed by atoms with van der Waals surface area (Å²) in [4.78, 5) is 26.5. The van der Waals surface area contributed by atoms with E-state index in [0.717, 1.165) is 12.1 Å². The minimum atomic E-state index is -0.104. The van der Waals surface area contributed by atoms with Crippen LogP contribution in [-0.4, -0.2) is 46.1 Å². The number of nitrogens with zero attached hydrogens (tertiary/aromatic N) is 3. The first kappa shape index (κ1) is 19.0. The van der Waals surface area contributed by atoms with Gasteiger partial charge in [0.05, 0.1) is 12.0 Å². The predicted octanol–water partition coefficient (Wildman–Crippen LogP) is 2.68. The molecule has 0 spiro atoms. The quantitative estimate of drug-likeness (QED) is 0.699. The van der Waals surface area contributed by atoms with E-state index in [1.165, 1.54) is 11.8 Å². The zero-order valence-corrected chi connectivity index (χ0v) is 16.2. The summed E-state index contributed by atoms with van der Waals surface area (Å²) in [7, 11) is 0. The van der Waals surface area contributed by atoms with Crippen molar-refractivity contribution in [2.75, 3.05) is 19.6 Å². The highest BCUT2D eigenvalue weighted by Crippen LogP contribution is 2.19. The Kier molecular flexibility index (Phi) is 5.74.